The normalized spacial score (nSPS) is 19.1. The molecule has 2 amide bonds. The molecule has 2 aliphatic carbocycles. The van der Waals surface area contributed by atoms with E-state index < -0.39 is 27.2 Å². The molecule has 30 heavy (non-hydrogen) atoms. The van der Waals surface area contributed by atoms with Gasteiger partial charge in [-0.25, -0.2) is 18.5 Å². The van der Waals surface area contributed by atoms with Crippen LogP contribution in [-0.4, -0.2) is 20.3 Å². The summed E-state index contributed by atoms with van der Waals surface area (Å²) in [5.41, 5.74) is 1.14. The molecule has 2 aliphatic rings. The van der Waals surface area contributed by atoms with Crippen LogP contribution in [-0.2, 0) is 34.0 Å². The van der Waals surface area contributed by atoms with Crippen molar-refractivity contribution < 1.29 is 18.5 Å². The van der Waals surface area contributed by atoms with Gasteiger partial charge in [-0.15, -0.1) is 15.7 Å². The Morgan fingerprint density at radius 1 is 1.43 bits per heavy atom. The molecule has 7 nitrogen and oxygen atoms in total. The van der Waals surface area contributed by atoms with Gasteiger partial charge in [-0.1, -0.05) is 0 Å². The van der Waals surface area contributed by atoms with Crippen LogP contribution in [0.25, 0.3) is 0 Å². The SMILES string of the molecule is Cc1c(C2(F)CC2)nc2c(c1NC(=O)N=S(N)(=O)c1cc(C(C)(C)O)cs1)CCC2. The predicted octanol–water partition coefficient (Wildman–Crippen LogP) is 4.06. The molecule has 1 unspecified atom stereocenters. The highest BCUT2D eigenvalue weighted by Crippen LogP contribution is 2.51. The number of thiophene rings is 1. The van der Waals surface area contributed by atoms with Crippen molar-refractivity contribution in [1.82, 2.24) is 4.98 Å². The zero-order valence-corrected chi connectivity index (χ0v) is 18.8. The number of fused-ring (bicyclic) bond motifs is 1. The molecule has 0 saturated heterocycles. The topological polar surface area (TPSA) is 118 Å². The molecular formula is C20H25FN4O3S2. The Morgan fingerprint density at radius 3 is 2.73 bits per heavy atom. The number of carbonyl (C=O) groups excluding carboxylic acids is 1. The third kappa shape index (κ3) is 3.89. The summed E-state index contributed by atoms with van der Waals surface area (Å²) >= 11 is 1.08. The van der Waals surface area contributed by atoms with Crippen LogP contribution in [0, 0.1) is 6.92 Å². The van der Waals surface area contributed by atoms with Crippen molar-refractivity contribution in [2.24, 2.45) is 9.50 Å². The second-order valence-corrected chi connectivity index (χ2v) is 11.4. The number of hydrogen-bond acceptors (Lipinski definition) is 5. The molecule has 162 valence electrons. The highest BCUT2D eigenvalue weighted by atomic mass is 32.2. The van der Waals surface area contributed by atoms with Crippen molar-refractivity contribution in [3.05, 3.63) is 39.5 Å². The average molecular weight is 453 g/mol. The largest absolute Gasteiger partial charge is 0.386 e. The summed E-state index contributed by atoms with van der Waals surface area (Å²) in [7, 11) is -3.49. The molecule has 1 saturated carbocycles. The van der Waals surface area contributed by atoms with Crippen LogP contribution in [0.1, 0.15) is 61.2 Å². The average Bonchev–Trinajstić information content (AvgIpc) is 3.06. The summed E-state index contributed by atoms with van der Waals surface area (Å²) in [5, 5.41) is 20.3. The first-order valence-corrected chi connectivity index (χ1v) is 12.3. The fourth-order valence-corrected chi connectivity index (χ4v) is 6.00. The molecule has 1 atom stereocenters. The quantitative estimate of drug-likeness (QED) is 0.648. The lowest BCUT2D eigenvalue weighted by Gasteiger charge is -2.17. The second kappa shape index (κ2) is 7.08. The number of urea groups is 1. The van der Waals surface area contributed by atoms with Gasteiger partial charge in [0.1, 0.15) is 4.21 Å². The minimum atomic E-state index is -3.49. The first kappa shape index (κ1) is 21.4. The lowest BCUT2D eigenvalue weighted by molar-refractivity contribution is 0.0789. The van der Waals surface area contributed by atoms with E-state index in [-0.39, 0.29) is 4.21 Å². The van der Waals surface area contributed by atoms with Crippen LogP contribution in [0.4, 0.5) is 14.9 Å². The maximum Gasteiger partial charge on any atom is 0.354 e. The van der Waals surface area contributed by atoms with E-state index in [1.807, 2.05) is 0 Å². The zero-order valence-electron chi connectivity index (χ0n) is 17.1. The number of anilines is 1. The maximum absolute atomic E-state index is 14.8. The van der Waals surface area contributed by atoms with Crippen LogP contribution in [0.5, 0.6) is 0 Å². The number of aromatic nitrogens is 1. The molecule has 0 bridgehead atoms. The minimum Gasteiger partial charge on any atom is -0.386 e. The third-order valence-corrected chi connectivity index (χ3v) is 8.46. The van der Waals surface area contributed by atoms with Crippen LogP contribution < -0.4 is 10.5 Å². The Bertz CT molecular complexity index is 1160. The van der Waals surface area contributed by atoms with Crippen LogP contribution in [0.3, 0.4) is 0 Å². The Kier molecular flexibility index (Phi) is 5.04. The van der Waals surface area contributed by atoms with Gasteiger partial charge in [-0.2, -0.15) is 0 Å². The monoisotopic (exact) mass is 452 g/mol. The van der Waals surface area contributed by atoms with Gasteiger partial charge in [0.2, 0.25) is 0 Å². The highest BCUT2D eigenvalue weighted by molar-refractivity contribution is 7.93. The van der Waals surface area contributed by atoms with Crippen LogP contribution in [0.2, 0.25) is 0 Å². The smallest absolute Gasteiger partial charge is 0.354 e. The summed E-state index contributed by atoms with van der Waals surface area (Å²) in [6.45, 7) is 4.94. The van der Waals surface area contributed by atoms with Crippen molar-refractivity contribution in [2.45, 2.75) is 68.4 Å². The van der Waals surface area contributed by atoms with Gasteiger partial charge < -0.3 is 10.4 Å². The summed E-state index contributed by atoms with van der Waals surface area (Å²) in [6, 6.07) is 0.649. The Hall–Kier alpha value is -1.88. The number of nitrogens with zero attached hydrogens (tertiary/aromatic N) is 2. The first-order chi connectivity index (χ1) is 13.9. The molecule has 0 spiro atoms. The Morgan fingerprint density at radius 2 is 2.13 bits per heavy atom. The molecule has 1 fully saturated rings. The number of alkyl halides is 1. The Balaban J connectivity index is 1.67. The van der Waals surface area contributed by atoms with Crippen molar-refractivity contribution in [3.63, 3.8) is 0 Å². The number of rotatable bonds is 4. The summed E-state index contributed by atoms with van der Waals surface area (Å²) in [4.78, 5) is 17.2. The molecule has 4 N–H and O–H groups in total. The number of aryl methyl sites for hydroxylation is 1. The van der Waals surface area contributed by atoms with Gasteiger partial charge in [0.05, 0.1) is 17.0 Å². The van der Waals surface area contributed by atoms with E-state index >= 15 is 0 Å². The van der Waals surface area contributed by atoms with E-state index in [2.05, 4.69) is 14.7 Å². The standard InChI is InChI=1S/C20H25FN4O3S2/c1-11-16(13-5-4-6-14(13)23-17(11)20(21)7-8-20)24-18(26)25-30(22,28)15-9-12(10-29-15)19(2,3)27/h9-10,27H,4-8H2,1-3H3,(H3,22,23,24,25,26,28). The van der Waals surface area contributed by atoms with Crippen molar-refractivity contribution >= 4 is 33.0 Å². The van der Waals surface area contributed by atoms with E-state index in [0.717, 1.165) is 41.9 Å². The number of amides is 2. The minimum absolute atomic E-state index is 0.202. The van der Waals surface area contributed by atoms with E-state index in [1.54, 1.807) is 26.2 Å². The van der Waals surface area contributed by atoms with Crippen LogP contribution >= 0.6 is 11.3 Å². The van der Waals surface area contributed by atoms with Gasteiger partial charge in [0.15, 0.2) is 15.6 Å². The predicted molar refractivity (Wildman–Crippen MR) is 115 cm³/mol. The number of aliphatic hydroxyl groups is 1. The molecule has 2 aromatic rings. The fourth-order valence-electron chi connectivity index (χ4n) is 3.72. The fraction of sp³-hybridized carbons (Fsp3) is 0.500. The number of hydrogen-bond donors (Lipinski definition) is 3. The van der Waals surface area contributed by atoms with Gasteiger partial charge in [0.25, 0.3) is 0 Å². The number of nitrogens with one attached hydrogen (secondary N) is 1. The van der Waals surface area contributed by atoms with Gasteiger partial charge in [0, 0.05) is 5.69 Å². The van der Waals surface area contributed by atoms with Crippen molar-refractivity contribution in [2.75, 3.05) is 5.32 Å². The first-order valence-electron chi connectivity index (χ1n) is 9.80. The molecular weight excluding hydrogens is 427 g/mol. The molecule has 4 rings (SSSR count). The lowest BCUT2D eigenvalue weighted by Crippen LogP contribution is -2.19. The molecule has 0 aliphatic heterocycles. The highest BCUT2D eigenvalue weighted by Gasteiger charge is 2.48. The second-order valence-electron chi connectivity index (χ2n) is 8.51. The lowest BCUT2D eigenvalue weighted by atomic mass is 10.0. The molecule has 2 aromatic heterocycles. The van der Waals surface area contributed by atoms with Crippen LogP contribution in [0.15, 0.2) is 20.0 Å². The number of halogens is 1. The number of nitrogens with two attached hydrogens (primary N) is 1. The maximum atomic E-state index is 14.8. The third-order valence-electron chi connectivity index (χ3n) is 5.60. The summed E-state index contributed by atoms with van der Waals surface area (Å²) < 4.78 is 31.6. The summed E-state index contributed by atoms with van der Waals surface area (Å²) in [5.74, 6) is 0. The number of pyridine rings is 1. The van der Waals surface area contributed by atoms with E-state index in [4.69, 9.17) is 5.14 Å². The number of carbonyl (C=O) groups is 1. The van der Waals surface area contributed by atoms with Gasteiger partial charge in [-0.05, 0) is 81.0 Å². The van der Waals surface area contributed by atoms with E-state index in [0.29, 0.717) is 35.3 Å². The molecule has 10 heteroatoms. The molecule has 0 radical (unpaired) electrons. The van der Waals surface area contributed by atoms with E-state index in [1.165, 1.54) is 6.07 Å². The van der Waals surface area contributed by atoms with Crippen molar-refractivity contribution in [1.29, 1.82) is 0 Å². The molecule has 0 aromatic carbocycles. The van der Waals surface area contributed by atoms with Gasteiger partial charge >= 0.3 is 6.03 Å². The molecule has 2 heterocycles. The van der Waals surface area contributed by atoms with E-state index in [9.17, 15) is 18.5 Å². The summed E-state index contributed by atoms with van der Waals surface area (Å²) in [6.07, 6.45) is 3.20. The zero-order chi connectivity index (χ0) is 21.9. The van der Waals surface area contributed by atoms with Crippen molar-refractivity contribution in [3.8, 4) is 0 Å². The van der Waals surface area contributed by atoms with Gasteiger partial charge in [-0.3, -0.25) is 4.98 Å². The Labute approximate surface area is 179 Å².